The first-order valence-corrected chi connectivity index (χ1v) is 6.14. The minimum absolute atomic E-state index is 0.0718. The van der Waals surface area contributed by atoms with Crippen LogP contribution in [-0.2, 0) is 0 Å². The fourth-order valence-electron chi connectivity index (χ4n) is 1.72. The Bertz CT molecular complexity index is 443. The van der Waals surface area contributed by atoms with Crippen LogP contribution < -0.4 is 10.7 Å². The summed E-state index contributed by atoms with van der Waals surface area (Å²) >= 11 is 5.26. The topological polar surface area (TPSA) is 70.4 Å². The molecular formula is C11H14N4O2S. The molecule has 0 unspecified atom stereocenters. The van der Waals surface area contributed by atoms with Gasteiger partial charge in [-0.25, -0.2) is 5.43 Å². The molecule has 1 aliphatic rings. The monoisotopic (exact) mass is 266 g/mol. The largest absolute Gasteiger partial charge is 0.332 e. The van der Waals surface area contributed by atoms with Crippen molar-refractivity contribution in [2.24, 2.45) is 0 Å². The third-order valence-corrected chi connectivity index (χ3v) is 3.01. The number of nitro groups is 1. The van der Waals surface area contributed by atoms with Gasteiger partial charge in [-0.1, -0.05) is 0 Å². The fourth-order valence-corrected chi connectivity index (χ4v) is 1.99. The van der Waals surface area contributed by atoms with E-state index in [0.29, 0.717) is 5.11 Å². The second kappa shape index (κ2) is 5.74. The zero-order valence-corrected chi connectivity index (χ0v) is 10.6. The highest BCUT2D eigenvalue weighted by atomic mass is 32.1. The van der Waals surface area contributed by atoms with Crippen LogP contribution in [0.15, 0.2) is 24.3 Å². The van der Waals surface area contributed by atoms with Crippen molar-refractivity contribution in [1.29, 1.82) is 0 Å². The molecule has 2 rings (SSSR count). The molecule has 1 aromatic carbocycles. The van der Waals surface area contributed by atoms with Gasteiger partial charge in [0.2, 0.25) is 0 Å². The molecular weight excluding hydrogens is 252 g/mol. The van der Waals surface area contributed by atoms with Gasteiger partial charge in [-0.3, -0.25) is 15.1 Å². The molecule has 0 aromatic heterocycles. The van der Waals surface area contributed by atoms with E-state index < -0.39 is 4.92 Å². The van der Waals surface area contributed by atoms with E-state index in [9.17, 15) is 10.1 Å². The summed E-state index contributed by atoms with van der Waals surface area (Å²) < 4.78 is 0. The number of hydrazine groups is 1. The normalized spacial score (nSPS) is 15.2. The predicted octanol–water partition coefficient (Wildman–Crippen LogP) is 1.89. The molecule has 96 valence electrons. The second-order valence-corrected chi connectivity index (χ2v) is 4.39. The van der Waals surface area contributed by atoms with E-state index in [1.54, 1.807) is 12.1 Å². The molecule has 2 N–H and O–H groups in total. The summed E-state index contributed by atoms with van der Waals surface area (Å²) in [6.07, 6.45) is 2.26. The Kier molecular flexibility index (Phi) is 4.06. The molecule has 18 heavy (non-hydrogen) atoms. The lowest BCUT2D eigenvalue weighted by Crippen LogP contribution is -2.48. The fraction of sp³-hybridized carbons (Fsp3) is 0.364. The summed E-state index contributed by atoms with van der Waals surface area (Å²) in [6, 6.07) is 6.20. The highest BCUT2D eigenvalue weighted by Gasteiger charge is 2.13. The molecule has 1 aromatic rings. The summed E-state index contributed by atoms with van der Waals surface area (Å²) in [5, 5.41) is 16.0. The molecule has 0 bridgehead atoms. The highest BCUT2D eigenvalue weighted by molar-refractivity contribution is 7.80. The van der Waals surface area contributed by atoms with Gasteiger partial charge in [0.15, 0.2) is 5.11 Å². The lowest BCUT2D eigenvalue weighted by molar-refractivity contribution is -0.384. The minimum atomic E-state index is -0.422. The molecule has 0 amide bonds. The lowest BCUT2D eigenvalue weighted by atomic mass is 10.2. The summed E-state index contributed by atoms with van der Waals surface area (Å²) in [5.74, 6) is 0. The number of hydrogen-bond acceptors (Lipinski definition) is 4. The predicted molar refractivity (Wildman–Crippen MR) is 73.3 cm³/mol. The Morgan fingerprint density at radius 2 is 2.11 bits per heavy atom. The average Bonchev–Trinajstić information content (AvgIpc) is 2.40. The van der Waals surface area contributed by atoms with E-state index in [1.807, 2.05) is 5.01 Å². The van der Waals surface area contributed by atoms with Crippen LogP contribution in [0.3, 0.4) is 0 Å². The Morgan fingerprint density at radius 1 is 1.39 bits per heavy atom. The molecule has 1 aliphatic heterocycles. The van der Waals surface area contributed by atoms with Crippen molar-refractivity contribution in [3.05, 3.63) is 34.4 Å². The van der Waals surface area contributed by atoms with Gasteiger partial charge in [-0.15, -0.1) is 0 Å². The molecule has 0 radical (unpaired) electrons. The number of non-ortho nitro benzene ring substituents is 1. The van der Waals surface area contributed by atoms with Crippen molar-refractivity contribution in [3.8, 4) is 0 Å². The Morgan fingerprint density at radius 3 is 2.67 bits per heavy atom. The maximum atomic E-state index is 10.5. The molecule has 0 atom stereocenters. The van der Waals surface area contributed by atoms with Crippen LogP contribution in [0, 0.1) is 10.1 Å². The number of hydrogen-bond donors (Lipinski definition) is 2. The summed E-state index contributed by atoms with van der Waals surface area (Å²) in [4.78, 5) is 10.1. The maximum absolute atomic E-state index is 10.5. The standard InChI is InChI=1S/C11H14N4O2S/c16-15(17)10-5-3-9(4-6-10)13-11(18)14-8-2-1-7-12-14/h3-6,12H,1-2,7-8H2,(H,13,18). The first-order chi connectivity index (χ1) is 8.66. The van der Waals surface area contributed by atoms with Gasteiger partial charge < -0.3 is 5.32 Å². The van der Waals surface area contributed by atoms with Crippen LogP contribution in [0.25, 0.3) is 0 Å². The lowest BCUT2D eigenvalue weighted by Gasteiger charge is -2.30. The molecule has 1 saturated heterocycles. The van der Waals surface area contributed by atoms with Crippen molar-refractivity contribution in [2.45, 2.75) is 12.8 Å². The SMILES string of the molecule is O=[N+]([O-])c1ccc(NC(=S)N2CCCCN2)cc1. The first-order valence-electron chi connectivity index (χ1n) is 5.73. The molecule has 6 nitrogen and oxygen atoms in total. The zero-order valence-electron chi connectivity index (χ0n) is 9.76. The third kappa shape index (κ3) is 3.14. The summed E-state index contributed by atoms with van der Waals surface area (Å²) in [6.45, 7) is 1.79. The number of anilines is 1. The maximum Gasteiger partial charge on any atom is 0.269 e. The molecule has 0 saturated carbocycles. The zero-order chi connectivity index (χ0) is 13.0. The van der Waals surface area contributed by atoms with E-state index in [2.05, 4.69) is 10.7 Å². The number of thiocarbonyl (C=S) groups is 1. The number of rotatable bonds is 2. The Hall–Kier alpha value is -1.73. The van der Waals surface area contributed by atoms with Crippen LogP contribution in [0.1, 0.15) is 12.8 Å². The smallest absolute Gasteiger partial charge is 0.269 e. The van der Waals surface area contributed by atoms with Crippen LogP contribution in [0.5, 0.6) is 0 Å². The van der Waals surface area contributed by atoms with Crippen LogP contribution in [-0.4, -0.2) is 28.1 Å². The van der Waals surface area contributed by atoms with E-state index in [4.69, 9.17) is 12.2 Å². The van der Waals surface area contributed by atoms with Crippen molar-refractivity contribution in [3.63, 3.8) is 0 Å². The average molecular weight is 266 g/mol. The number of nitro benzene ring substituents is 1. The molecule has 7 heteroatoms. The number of nitrogens with one attached hydrogen (secondary N) is 2. The van der Waals surface area contributed by atoms with Crippen molar-refractivity contribution in [2.75, 3.05) is 18.4 Å². The Balaban J connectivity index is 1.96. The van der Waals surface area contributed by atoms with Crippen molar-refractivity contribution >= 4 is 28.7 Å². The highest BCUT2D eigenvalue weighted by Crippen LogP contribution is 2.16. The van der Waals surface area contributed by atoms with E-state index in [0.717, 1.165) is 31.6 Å². The van der Waals surface area contributed by atoms with Gasteiger partial charge in [-0.2, -0.15) is 0 Å². The quantitative estimate of drug-likeness (QED) is 0.484. The van der Waals surface area contributed by atoms with Gasteiger partial charge in [0.1, 0.15) is 0 Å². The number of nitrogens with zero attached hydrogens (tertiary/aromatic N) is 2. The summed E-state index contributed by atoms with van der Waals surface area (Å²) in [5.41, 5.74) is 4.01. The van der Waals surface area contributed by atoms with Gasteiger partial charge >= 0.3 is 0 Å². The van der Waals surface area contributed by atoms with Crippen LogP contribution in [0.2, 0.25) is 0 Å². The first kappa shape index (κ1) is 12.7. The van der Waals surface area contributed by atoms with Gasteiger partial charge in [0.05, 0.1) is 4.92 Å². The summed E-state index contributed by atoms with van der Waals surface area (Å²) in [7, 11) is 0. The molecule has 1 heterocycles. The second-order valence-electron chi connectivity index (χ2n) is 4.00. The van der Waals surface area contributed by atoms with Crippen molar-refractivity contribution in [1.82, 2.24) is 10.4 Å². The van der Waals surface area contributed by atoms with E-state index in [1.165, 1.54) is 12.1 Å². The van der Waals surface area contributed by atoms with Crippen molar-refractivity contribution < 1.29 is 4.92 Å². The molecule has 0 spiro atoms. The van der Waals surface area contributed by atoms with Gasteiger partial charge in [0, 0.05) is 30.9 Å². The van der Waals surface area contributed by atoms with Gasteiger partial charge in [-0.05, 0) is 37.2 Å². The third-order valence-electron chi connectivity index (χ3n) is 2.69. The molecule has 0 aliphatic carbocycles. The van der Waals surface area contributed by atoms with Gasteiger partial charge in [0.25, 0.3) is 5.69 Å². The van der Waals surface area contributed by atoms with Crippen LogP contribution in [0.4, 0.5) is 11.4 Å². The van der Waals surface area contributed by atoms with E-state index in [-0.39, 0.29) is 5.69 Å². The van der Waals surface area contributed by atoms with Crippen LogP contribution >= 0.6 is 12.2 Å². The number of benzene rings is 1. The molecule has 1 fully saturated rings. The Labute approximate surface area is 110 Å². The minimum Gasteiger partial charge on any atom is -0.332 e. The van der Waals surface area contributed by atoms with E-state index >= 15 is 0 Å².